The summed E-state index contributed by atoms with van der Waals surface area (Å²) in [5, 5.41) is 15.4. The minimum atomic E-state index is -1.02. The Bertz CT molecular complexity index is 1160. The van der Waals surface area contributed by atoms with Gasteiger partial charge in [0.05, 0.1) is 17.4 Å². The van der Waals surface area contributed by atoms with Gasteiger partial charge in [0, 0.05) is 23.8 Å². The van der Waals surface area contributed by atoms with Crippen LogP contribution in [0.4, 0.5) is 11.6 Å². The highest BCUT2D eigenvalue weighted by Gasteiger charge is 2.43. The van der Waals surface area contributed by atoms with Crippen LogP contribution in [0.5, 0.6) is 0 Å². The van der Waals surface area contributed by atoms with Crippen molar-refractivity contribution in [1.29, 1.82) is 0 Å². The zero-order chi connectivity index (χ0) is 24.3. The second-order valence-corrected chi connectivity index (χ2v) is 10.1. The van der Waals surface area contributed by atoms with Crippen LogP contribution in [0.2, 0.25) is 0 Å². The third kappa shape index (κ3) is 5.28. The number of ether oxygens (including phenoxy) is 1. The van der Waals surface area contributed by atoms with Crippen molar-refractivity contribution in [2.45, 2.75) is 59.0 Å². The van der Waals surface area contributed by atoms with Gasteiger partial charge in [-0.05, 0) is 74.8 Å². The molecule has 1 aliphatic carbocycles. The molecule has 1 fully saturated rings. The molecule has 1 aliphatic rings. The molecule has 0 saturated heterocycles. The Labute approximate surface area is 204 Å². The van der Waals surface area contributed by atoms with E-state index in [0.717, 1.165) is 33.8 Å². The number of hydrogen-bond acceptors (Lipinski definition) is 8. The first-order valence-electron chi connectivity index (χ1n) is 11.9. The summed E-state index contributed by atoms with van der Waals surface area (Å²) in [5.41, 5.74) is 2.99. The van der Waals surface area contributed by atoms with E-state index in [-0.39, 0.29) is 17.8 Å². The number of nitrogens with zero attached hydrogens (tertiary/aromatic N) is 3. The van der Waals surface area contributed by atoms with Gasteiger partial charge in [-0.25, -0.2) is 15.0 Å². The van der Waals surface area contributed by atoms with Crippen LogP contribution in [-0.4, -0.2) is 32.6 Å². The number of hydrogen-bond donors (Lipinski definition) is 2. The summed E-state index contributed by atoms with van der Waals surface area (Å²) in [6.07, 6.45) is 6.03. The number of rotatable bonds is 7. The third-order valence-corrected chi connectivity index (χ3v) is 7.64. The molecule has 0 aliphatic heterocycles. The highest BCUT2D eigenvalue weighted by atomic mass is 32.1. The molecule has 180 valence electrons. The molecule has 1 saturated carbocycles. The fraction of sp³-hybridized carbons (Fsp3) is 0.462. The molecule has 34 heavy (non-hydrogen) atoms. The first-order chi connectivity index (χ1) is 16.3. The van der Waals surface area contributed by atoms with Crippen LogP contribution in [0, 0.1) is 18.8 Å². The summed E-state index contributed by atoms with van der Waals surface area (Å²) >= 11 is 1.51. The molecule has 3 aromatic rings. The van der Waals surface area contributed by atoms with E-state index in [1.54, 1.807) is 6.20 Å². The number of esters is 1. The number of carbonyl (C=O) groups excluding carboxylic acids is 1. The van der Waals surface area contributed by atoms with Crippen LogP contribution in [-0.2, 0) is 21.6 Å². The fourth-order valence-electron chi connectivity index (χ4n) is 4.65. The Kier molecular flexibility index (Phi) is 7.28. The van der Waals surface area contributed by atoms with Gasteiger partial charge in [0.2, 0.25) is 5.95 Å². The minimum absolute atomic E-state index is 0.0267. The van der Waals surface area contributed by atoms with Gasteiger partial charge in [0.15, 0.2) is 0 Å². The summed E-state index contributed by atoms with van der Waals surface area (Å²) in [6.45, 7) is 8.32. The number of nitrogens with one attached hydrogen (secondary N) is 1. The largest absolute Gasteiger partial charge is 0.466 e. The highest BCUT2D eigenvalue weighted by Crippen LogP contribution is 2.45. The molecule has 2 aromatic heterocycles. The van der Waals surface area contributed by atoms with Crippen LogP contribution in [0.25, 0.3) is 10.4 Å². The number of aliphatic hydroxyl groups is 1. The highest BCUT2D eigenvalue weighted by molar-refractivity contribution is 7.15. The van der Waals surface area contributed by atoms with Crippen molar-refractivity contribution < 1.29 is 14.6 Å². The van der Waals surface area contributed by atoms with Crippen molar-refractivity contribution in [3.63, 3.8) is 0 Å². The lowest BCUT2D eigenvalue weighted by molar-refractivity contribution is -0.154. The number of benzene rings is 1. The molecule has 1 aromatic carbocycles. The van der Waals surface area contributed by atoms with Gasteiger partial charge < -0.3 is 15.2 Å². The molecule has 7 nitrogen and oxygen atoms in total. The Morgan fingerprint density at radius 2 is 2.12 bits per heavy atom. The number of aromatic nitrogens is 3. The van der Waals surface area contributed by atoms with Crippen molar-refractivity contribution in [1.82, 2.24) is 15.0 Å². The first-order valence-corrected chi connectivity index (χ1v) is 12.7. The predicted octanol–water partition coefficient (Wildman–Crippen LogP) is 5.40. The quantitative estimate of drug-likeness (QED) is 0.437. The Morgan fingerprint density at radius 3 is 2.85 bits per heavy atom. The van der Waals surface area contributed by atoms with E-state index in [4.69, 9.17) is 4.74 Å². The van der Waals surface area contributed by atoms with E-state index < -0.39 is 5.60 Å². The molecule has 2 N–H and O–H groups in total. The second-order valence-electron chi connectivity index (χ2n) is 9.08. The van der Waals surface area contributed by atoms with E-state index >= 15 is 0 Å². The van der Waals surface area contributed by atoms with E-state index in [2.05, 4.69) is 45.4 Å². The van der Waals surface area contributed by atoms with Crippen LogP contribution in [0.3, 0.4) is 0 Å². The van der Waals surface area contributed by atoms with Gasteiger partial charge in [-0.15, -0.1) is 11.3 Å². The van der Waals surface area contributed by atoms with Gasteiger partial charge in [-0.1, -0.05) is 19.9 Å². The second kappa shape index (κ2) is 10.2. The van der Waals surface area contributed by atoms with E-state index in [9.17, 15) is 9.90 Å². The van der Waals surface area contributed by atoms with Crippen molar-refractivity contribution in [3.8, 4) is 10.4 Å². The minimum Gasteiger partial charge on any atom is -0.466 e. The molecule has 0 amide bonds. The molecule has 4 rings (SSSR count). The fourth-order valence-corrected chi connectivity index (χ4v) is 5.68. The Morgan fingerprint density at radius 1 is 1.29 bits per heavy atom. The van der Waals surface area contributed by atoms with Crippen molar-refractivity contribution in [2.75, 3.05) is 11.9 Å². The molecule has 3 atom stereocenters. The predicted molar refractivity (Wildman–Crippen MR) is 134 cm³/mol. The Hall–Kier alpha value is -2.84. The van der Waals surface area contributed by atoms with Crippen molar-refractivity contribution in [2.24, 2.45) is 11.8 Å². The topological polar surface area (TPSA) is 97.2 Å². The zero-order valence-corrected chi connectivity index (χ0v) is 21.0. The standard InChI is InChI=1S/C26H32N4O3S/c1-5-19-8-10-27-25(29-19)30-20-12-16(3)11-18(13-20)22-15-28-24(34-22)26(32)9-7-21(17(4)14-26)23(31)33-6-2/h8,10-13,15,17,21,32H,5-7,9,14H2,1-4H3,(H,27,29,30)/t17-,21+,26-/m1/s1. The van der Waals surface area contributed by atoms with Crippen LogP contribution in [0.15, 0.2) is 36.7 Å². The van der Waals surface area contributed by atoms with Gasteiger partial charge in [0.25, 0.3) is 0 Å². The maximum atomic E-state index is 12.2. The summed E-state index contributed by atoms with van der Waals surface area (Å²) in [7, 11) is 0. The summed E-state index contributed by atoms with van der Waals surface area (Å²) in [4.78, 5) is 26.7. The van der Waals surface area contributed by atoms with Gasteiger partial charge >= 0.3 is 5.97 Å². The van der Waals surface area contributed by atoms with E-state index in [1.807, 2.05) is 33.0 Å². The van der Waals surface area contributed by atoms with Crippen LogP contribution >= 0.6 is 11.3 Å². The number of anilines is 2. The molecule has 0 unspecified atom stereocenters. The van der Waals surface area contributed by atoms with E-state index in [0.29, 0.717) is 36.8 Å². The third-order valence-electron chi connectivity index (χ3n) is 6.40. The number of carbonyl (C=O) groups is 1. The lowest BCUT2D eigenvalue weighted by Gasteiger charge is -2.37. The molecule has 0 bridgehead atoms. The number of aryl methyl sites for hydroxylation is 2. The lowest BCUT2D eigenvalue weighted by atomic mass is 9.72. The van der Waals surface area contributed by atoms with Crippen LogP contribution in [0.1, 0.15) is 56.3 Å². The molecule has 2 heterocycles. The van der Waals surface area contributed by atoms with Crippen LogP contribution < -0.4 is 5.32 Å². The van der Waals surface area contributed by atoms with Gasteiger partial charge in [-0.3, -0.25) is 4.79 Å². The summed E-state index contributed by atoms with van der Waals surface area (Å²) in [6, 6.07) is 8.13. The monoisotopic (exact) mass is 480 g/mol. The zero-order valence-electron chi connectivity index (χ0n) is 20.2. The molecular formula is C26H32N4O3S. The summed E-state index contributed by atoms with van der Waals surface area (Å²) in [5.74, 6) is 0.268. The summed E-state index contributed by atoms with van der Waals surface area (Å²) < 4.78 is 5.22. The maximum Gasteiger partial charge on any atom is 0.309 e. The maximum absolute atomic E-state index is 12.2. The van der Waals surface area contributed by atoms with Gasteiger partial charge in [0.1, 0.15) is 10.6 Å². The normalized spacial score (nSPS) is 22.4. The average molecular weight is 481 g/mol. The average Bonchev–Trinajstić information content (AvgIpc) is 3.30. The molecule has 0 spiro atoms. The van der Waals surface area contributed by atoms with Crippen molar-refractivity contribution in [3.05, 3.63) is 52.9 Å². The smallest absolute Gasteiger partial charge is 0.309 e. The molecule has 8 heteroatoms. The number of thiazole rings is 1. The van der Waals surface area contributed by atoms with Gasteiger partial charge in [-0.2, -0.15) is 0 Å². The lowest BCUT2D eigenvalue weighted by Crippen LogP contribution is -2.39. The SMILES string of the molecule is CCOC(=O)[C@H]1CC[C@](O)(c2ncc(-c3cc(C)cc(Nc4nccc(CC)n4)c3)s2)C[C@H]1C. The first kappa shape index (κ1) is 24.3. The Balaban J connectivity index is 1.53. The van der Waals surface area contributed by atoms with Crippen molar-refractivity contribution >= 4 is 28.9 Å². The van der Waals surface area contributed by atoms with E-state index in [1.165, 1.54) is 11.3 Å². The molecular weight excluding hydrogens is 448 g/mol. The molecule has 0 radical (unpaired) electrons.